The van der Waals surface area contributed by atoms with Crippen molar-refractivity contribution in [3.8, 4) is 27.8 Å². The highest BCUT2D eigenvalue weighted by Crippen LogP contribution is 2.36. The van der Waals surface area contributed by atoms with Gasteiger partial charge in [0, 0.05) is 16.4 Å². The smallest absolute Gasteiger partial charge is 0.116 e. The van der Waals surface area contributed by atoms with E-state index < -0.39 is 0 Å². The Morgan fingerprint density at radius 2 is 1.69 bits per heavy atom. The molecule has 0 radical (unpaired) electrons. The Hall–Kier alpha value is -2.52. The topological polar surface area (TPSA) is 36.7 Å². The number of benzene rings is 2. The maximum absolute atomic E-state index is 9.91. The normalized spacial score (nSPS) is 10.6. The van der Waals surface area contributed by atoms with E-state index in [1.165, 1.54) is 5.56 Å². The van der Waals surface area contributed by atoms with Gasteiger partial charge < -0.3 is 0 Å². The first-order valence-corrected chi connectivity index (χ1v) is 12.2. The number of aromatic nitrogens is 1. The van der Waals surface area contributed by atoms with Crippen LogP contribution < -0.4 is 0 Å². The summed E-state index contributed by atoms with van der Waals surface area (Å²) < 4.78 is 0. The Morgan fingerprint density at radius 1 is 0.931 bits per heavy atom. The molecule has 0 unspecified atom stereocenters. The molecule has 2 heterocycles. The minimum Gasteiger partial charge on any atom is -0.239 e. The predicted molar refractivity (Wildman–Crippen MR) is 126 cm³/mol. The minimum atomic E-state index is 0.654. The van der Waals surface area contributed by atoms with Crippen molar-refractivity contribution in [2.75, 3.05) is 5.08 Å². The molecule has 0 aliphatic heterocycles. The first kappa shape index (κ1) is 19.8. The number of hydrogen-bond acceptors (Lipinski definition) is 5. The zero-order chi connectivity index (χ0) is 19.9. The van der Waals surface area contributed by atoms with Crippen LogP contribution in [-0.4, -0.2) is 10.1 Å². The Balaban J connectivity index is 1.63. The second kappa shape index (κ2) is 9.80. The van der Waals surface area contributed by atoms with E-state index in [0.717, 1.165) is 37.6 Å². The highest BCUT2D eigenvalue weighted by molar-refractivity contribution is 8.15. The fourth-order valence-corrected chi connectivity index (χ4v) is 5.65. The molecular weight excluding hydrogens is 412 g/mol. The molecule has 142 valence electrons. The SMILES string of the molecule is N#Cc1c(-c2ccccc2)cc(-c2cccs2)nc1SCSCc1ccccc1. The zero-order valence-corrected chi connectivity index (χ0v) is 18.1. The van der Waals surface area contributed by atoms with Gasteiger partial charge >= 0.3 is 0 Å². The van der Waals surface area contributed by atoms with Gasteiger partial charge in [-0.25, -0.2) is 4.98 Å². The Kier molecular flexibility index (Phi) is 6.68. The molecule has 0 spiro atoms. The van der Waals surface area contributed by atoms with Crippen molar-refractivity contribution in [3.05, 3.63) is 95.4 Å². The van der Waals surface area contributed by atoms with Crippen molar-refractivity contribution >= 4 is 34.9 Å². The number of thioether (sulfide) groups is 2. The number of nitrogens with zero attached hydrogens (tertiary/aromatic N) is 2. The second-order valence-corrected chi connectivity index (χ2v) is 9.55. The van der Waals surface area contributed by atoms with Gasteiger partial charge in [-0.2, -0.15) is 5.26 Å². The molecule has 2 aromatic heterocycles. The predicted octanol–water partition coefficient (Wildman–Crippen LogP) is 7.33. The zero-order valence-electron chi connectivity index (χ0n) is 15.6. The molecule has 0 saturated carbocycles. The van der Waals surface area contributed by atoms with Gasteiger partial charge in [-0.15, -0.1) is 23.1 Å². The summed E-state index contributed by atoms with van der Waals surface area (Å²) in [5.41, 5.74) is 4.88. The third-order valence-corrected chi connectivity index (χ3v) is 7.48. The van der Waals surface area contributed by atoms with E-state index in [9.17, 15) is 5.26 Å². The average Bonchev–Trinajstić information content (AvgIpc) is 3.32. The van der Waals surface area contributed by atoms with Crippen LogP contribution in [-0.2, 0) is 5.75 Å². The lowest BCUT2D eigenvalue weighted by Gasteiger charge is -2.12. The van der Waals surface area contributed by atoms with Gasteiger partial charge in [0.25, 0.3) is 0 Å². The van der Waals surface area contributed by atoms with Gasteiger partial charge in [-0.05, 0) is 28.6 Å². The van der Waals surface area contributed by atoms with E-state index in [-0.39, 0.29) is 0 Å². The monoisotopic (exact) mass is 430 g/mol. The summed E-state index contributed by atoms with van der Waals surface area (Å²) in [4.78, 5) is 5.97. The van der Waals surface area contributed by atoms with Crippen molar-refractivity contribution in [3.63, 3.8) is 0 Å². The van der Waals surface area contributed by atoms with Crippen LogP contribution in [0.3, 0.4) is 0 Å². The summed E-state index contributed by atoms with van der Waals surface area (Å²) in [7, 11) is 0. The third-order valence-electron chi connectivity index (χ3n) is 4.35. The molecule has 29 heavy (non-hydrogen) atoms. The molecule has 4 rings (SSSR count). The molecular formula is C24H18N2S3. The Bertz CT molecular complexity index is 1100. The van der Waals surface area contributed by atoms with Crippen LogP contribution in [0.15, 0.2) is 89.3 Å². The number of hydrogen-bond donors (Lipinski definition) is 0. The van der Waals surface area contributed by atoms with E-state index >= 15 is 0 Å². The molecule has 2 aromatic carbocycles. The summed E-state index contributed by atoms with van der Waals surface area (Å²) in [5.74, 6) is 0.950. The molecule has 4 aromatic rings. The van der Waals surface area contributed by atoms with Gasteiger partial charge in [0.15, 0.2) is 0 Å². The quantitative estimate of drug-likeness (QED) is 0.175. The van der Waals surface area contributed by atoms with E-state index in [4.69, 9.17) is 4.98 Å². The van der Waals surface area contributed by atoms with Crippen LogP contribution in [0.4, 0.5) is 0 Å². The molecule has 0 saturated heterocycles. The van der Waals surface area contributed by atoms with Crippen molar-refractivity contribution in [2.45, 2.75) is 10.8 Å². The van der Waals surface area contributed by atoms with E-state index in [2.05, 4.69) is 41.8 Å². The maximum atomic E-state index is 9.91. The van der Waals surface area contributed by atoms with Crippen LogP contribution in [0.25, 0.3) is 21.7 Å². The molecule has 0 N–H and O–H groups in total. The van der Waals surface area contributed by atoms with Crippen LogP contribution in [0.1, 0.15) is 11.1 Å². The Labute approximate surface area is 183 Å². The van der Waals surface area contributed by atoms with Crippen molar-refractivity contribution < 1.29 is 0 Å². The van der Waals surface area contributed by atoms with E-state index in [0.29, 0.717) is 5.56 Å². The number of thiophene rings is 1. The van der Waals surface area contributed by atoms with Gasteiger partial charge in [0.05, 0.1) is 16.1 Å². The largest absolute Gasteiger partial charge is 0.239 e. The summed E-state index contributed by atoms with van der Waals surface area (Å²) in [6.45, 7) is 0. The first-order chi connectivity index (χ1) is 14.3. The van der Waals surface area contributed by atoms with Gasteiger partial charge in [0.2, 0.25) is 0 Å². The fourth-order valence-electron chi connectivity index (χ4n) is 2.96. The third kappa shape index (κ3) is 4.91. The lowest BCUT2D eigenvalue weighted by Crippen LogP contribution is -1.95. The molecule has 0 amide bonds. The second-order valence-electron chi connectivity index (χ2n) is 6.29. The molecule has 0 aliphatic rings. The van der Waals surface area contributed by atoms with E-state index in [1.807, 2.05) is 60.3 Å². The molecule has 0 bridgehead atoms. The molecule has 0 atom stereocenters. The summed E-state index contributed by atoms with van der Waals surface area (Å²) in [6.07, 6.45) is 0. The summed E-state index contributed by atoms with van der Waals surface area (Å²) in [5, 5.41) is 13.6. The maximum Gasteiger partial charge on any atom is 0.116 e. The van der Waals surface area contributed by atoms with Gasteiger partial charge in [-0.1, -0.05) is 78.5 Å². The van der Waals surface area contributed by atoms with Crippen LogP contribution in [0, 0.1) is 11.3 Å². The van der Waals surface area contributed by atoms with Crippen molar-refractivity contribution in [2.24, 2.45) is 0 Å². The molecule has 2 nitrogen and oxygen atoms in total. The fraction of sp³-hybridized carbons (Fsp3) is 0.0833. The first-order valence-electron chi connectivity index (χ1n) is 9.14. The van der Waals surface area contributed by atoms with E-state index in [1.54, 1.807) is 23.1 Å². The standard InChI is InChI=1S/C24H18N2S3/c25-15-21-20(19-10-5-2-6-11-19)14-22(23-12-7-13-28-23)26-24(21)29-17-27-16-18-8-3-1-4-9-18/h1-14H,16-17H2. The van der Waals surface area contributed by atoms with Crippen molar-refractivity contribution in [1.29, 1.82) is 5.26 Å². The summed E-state index contributed by atoms with van der Waals surface area (Å²) >= 11 is 5.15. The highest BCUT2D eigenvalue weighted by Gasteiger charge is 2.16. The lowest BCUT2D eigenvalue weighted by molar-refractivity contribution is 1.13. The van der Waals surface area contributed by atoms with Crippen LogP contribution in [0.2, 0.25) is 0 Å². The summed E-state index contributed by atoms with van der Waals surface area (Å²) in [6, 6.07) is 29.1. The Morgan fingerprint density at radius 3 is 2.38 bits per heavy atom. The van der Waals surface area contributed by atoms with Gasteiger partial charge in [-0.3, -0.25) is 0 Å². The number of nitriles is 1. The molecule has 0 fully saturated rings. The minimum absolute atomic E-state index is 0.654. The lowest BCUT2D eigenvalue weighted by atomic mass is 10.0. The van der Waals surface area contributed by atoms with Gasteiger partial charge in [0.1, 0.15) is 11.1 Å². The average molecular weight is 431 g/mol. The van der Waals surface area contributed by atoms with Crippen LogP contribution in [0.5, 0.6) is 0 Å². The van der Waals surface area contributed by atoms with Crippen LogP contribution >= 0.6 is 34.9 Å². The van der Waals surface area contributed by atoms with Crippen molar-refractivity contribution in [1.82, 2.24) is 4.98 Å². The molecule has 0 aliphatic carbocycles. The number of pyridine rings is 1. The number of rotatable bonds is 7. The highest BCUT2D eigenvalue weighted by atomic mass is 32.2. The molecule has 5 heteroatoms.